The molecule has 4 rings (SSSR count). The van der Waals surface area contributed by atoms with Gasteiger partial charge in [0, 0.05) is 23.2 Å². The maximum atomic E-state index is 4.45. The molecule has 17 heavy (non-hydrogen) atoms. The van der Waals surface area contributed by atoms with Crippen molar-refractivity contribution in [2.24, 2.45) is 0 Å². The normalized spacial score (nSPS) is 11.5. The van der Waals surface area contributed by atoms with Gasteiger partial charge in [-0.1, -0.05) is 6.07 Å². The topological polar surface area (TPSA) is 43.1 Å². The molecule has 0 amide bonds. The van der Waals surface area contributed by atoms with Gasteiger partial charge in [-0.15, -0.1) is 0 Å². The fourth-order valence-corrected chi connectivity index (χ4v) is 2.29. The minimum atomic E-state index is 0.976. The molecule has 4 heterocycles. The van der Waals surface area contributed by atoms with Crippen LogP contribution in [0.3, 0.4) is 0 Å². The van der Waals surface area contributed by atoms with Crippen LogP contribution in [0, 0.1) is 0 Å². The zero-order valence-corrected chi connectivity index (χ0v) is 8.91. The number of fused-ring (bicyclic) bond motifs is 6. The lowest BCUT2D eigenvalue weighted by atomic mass is 10.1. The zero-order chi connectivity index (χ0) is 11.2. The Labute approximate surface area is 96.6 Å². The average Bonchev–Trinajstić information content (AvgIpc) is 2.89. The monoisotopic (exact) mass is 220 g/mol. The number of hydrogen-bond donors (Lipinski definition) is 0. The minimum Gasteiger partial charge on any atom is -0.295 e. The summed E-state index contributed by atoms with van der Waals surface area (Å²) in [6.07, 6.45) is 9.10. The molecule has 0 spiro atoms. The molecule has 0 aromatic carbocycles. The average molecular weight is 220 g/mol. The molecule has 0 N–H and O–H groups in total. The van der Waals surface area contributed by atoms with Gasteiger partial charge < -0.3 is 0 Å². The van der Waals surface area contributed by atoms with E-state index < -0.39 is 0 Å². The molecule has 0 aliphatic heterocycles. The van der Waals surface area contributed by atoms with Crippen LogP contribution in [-0.4, -0.2) is 19.4 Å². The van der Waals surface area contributed by atoms with Gasteiger partial charge in [0.05, 0.1) is 35.3 Å². The molecular formula is C13H8N4. The molecular weight excluding hydrogens is 212 g/mol. The van der Waals surface area contributed by atoms with Crippen LogP contribution in [0.5, 0.6) is 0 Å². The molecule has 0 atom stereocenters. The zero-order valence-electron chi connectivity index (χ0n) is 8.91. The highest BCUT2D eigenvalue weighted by Gasteiger charge is 2.08. The van der Waals surface area contributed by atoms with Crippen LogP contribution < -0.4 is 0 Å². The number of rotatable bonds is 0. The third kappa shape index (κ3) is 1.04. The van der Waals surface area contributed by atoms with E-state index in [1.165, 1.54) is 0 Å². The largest absolute Gasteiger partial charge is 0.295 e. The first-order valence-electron chi connectivity index (χ1n) is 5.37. The Morgan fingerprint density at radius 3 is 2.82 bits per heavy atom. The summed E-state index contributed by atoms with van der Waals surface area (Å²) in [6.45, 7) is 0. The summed E-state index contributed by atoms with van der Waals surface area (Å²) in [7, 11) is 0. The molecule has 0 fully saturated rings. The van der Waals surface area contributed by atoms with E-state index in [9.17, 15) is 0 Å². The minimum absolute atomic E-state index is 0.976. The number of nitrogens with zero attached hydrogens (tertiary/aromatic N) is 4. The van der Waals surface area contributed by atoms with E-state index in [-0.39, 0.29) is 0 Å². The highest BCUT2D eigenvalue weighted by molar-refractivity contribution is 6.10. The van der Waals surface area contributed by atoms with Crippen molar-refractivity contribution in [3.8, 4) is 0 Å². The Morgan fingerprint density at radius 1 is 0.882 bits per heavy atom. The predicted molar refractivity (Wildman–Crippen MR) is 65.8 cm³/mol. The van der Waals surface area contributed by atoms with Crippen LogP contribution in [0.2, 0.25) is 0 Å². The van der Waals surface area contributed by atoms with Gasteiger partial charge in [0.2, 0.25) is 0 Å². The van der Waals surface area contributed by atoms with E-state index in [0.717, 1.165) is 27.3 Å². The molecule has 4 aromatic heterocycles. The number of aromatic nitrogens is 4. The summed E-state index contributed by atoms with van der Waals surface area (Å²) in [5, 5.41) is 2.28. The van der Waals surface area contributed by atoms with E-state index in [4.69, 9.17) is 0 Å². The second-order valence-electron chi connectivity index (χ2n) is 3.94. The molecule has 4 aromatic rings. The van der Waals surface area contributed by atoms with E-state index in [2.05, 4.69) is 21.0 Å². The maximum absolute atomic E-state index is 4.45. The second kappa shape index (κ2) is 3.01. The van der Waals surface area contributed by atoms with Gasteiger partial charge in [0.1, 0.15) is 0 Å². The van der Waals surface area contributed by atoms with Crippen molar-refractivity contribution in [3.63, 3.8) is 0 Å². The molecule has 0 aliphatic carbocycles. The molecule has 0 saturated carbocycles. The summed E-state index contributed by atoms with van der Waals surface area (Å²) in [4.78, 5) is 12.8. The van der Waals surface area contributed by atoms with Crippen molar-refractivity contribution in [3.05, 3.63) is 49.3 Å². The molecule has 0 bridgehead atoms. The van der Waals surface area contributed by atoms with Gasteiger partial charge >= 0.3 is 0 Å². The van der Waals surface area contributed by atoms with Gasteiger partial charge in [-0.2, -0.15) is 0 Å². The van der Waals surface area contributed by atoms with Crippen LogP contribution in [0.25, 0.3) is 27.3 Å². The molecule has 0 aliphatic rings. The van der Waals surface area contributed by atoms with Gasteiger partial charge in [0.25, 0.3) is 0 Å². The highest BCUT2D eigenvalue weighted by Crippen LogP contribution is 2.26. The lowest BCUT2D eigenvalue weighted by Gasteiger charge is -2.06. The van der Waals surface area contributed by atoms with Crippen LogP contribution in [-0.2, 0) is 0 Å². The van der Waals surface area contributed by atoms with Crippen molar-refractivity contribution in [1.29, 1.82) is 0 Å². The Balaban J connectivity index is 2.48. The van der Waals surface area contributed by atoms with Crippen molar-refractivity contribution in [1.82, 2.24) is 19.4 Å². The van der Waals surface area contributed by atoms with E-state index >= 15 is 0 Å². The Hall–Kier alpha value is -2.49. The standard InChI is InChI=1S/C13H8N4/c1-2-10-9-3-5-14-6-11(9)17-8-15-7-12(17)13(10)16-4-1/h1-8H. The fraction of sp³-hybridized carbons (Fsp3) is 0. The summed E-state index contributed by atoms with van der Waals surface area (Å²) < 4.78 is 2.03. The number of imidazole rings is 1. The lowest BCUT2D eigenvalue weighted by Crippen LogP contribution is -1.91. The predicted octanol–water partition coefficient (Wildman–Crippen LogP) is 2.43. The Kier molecular flexibility index (Phi) is 1.53. The molecule has 0 unspecified atom stereocenters. The number of hydrogen-bond acceptors (Lipinski definition) is 3. The first-order chi connectivity index (χ1) is 8.45. The van der Waals surface area contributed by atoms with Gasteiger partial charge in [-0.3, -0.25) is 14.4 Å². The molecule has 4 heteroatoms. The van der Waals surface area contributed by atoms with Crippen LogP contribution in [0.4, 0.5) is 0 Å². The third-order valence-corrected chi connectivity index (χ3v) is 3.04. The highest BCUT2D eigenvalue weighted by atomic mass is 15.0. The van der Waals surface area contributed by atoms with Crippen LogP contribution >= 0.6 is 0 Å². The second-order valence-corrected chi connectivity index (χ2v) is 3.94. The van der Waals surface area contributed by atoms with E-state index in [1.54, 1.807) is 12.5 Å². The van der Waals surface area contributed by atoms with E-state index in [0.29, 0.717) is 0 Å². The van der Waals surface area contributed by atoms with Crippen LogP contribution in [0.1, 0.15) is 0 Å². The summed E-state index contributed by atoms with van der Waals surface area (Å²) in [5.41, 5.74) is 3.05. The van der Waals surface area contributed by atoms with Gasteiger partial charge in [-0.05, 0) is 12.1 Å². The van der Waals surface area contributed by atoms with Gasteiger partial charge in [-0.25, -0.2) is 4.98 Å². The summed E-state index contributed by atoms with van der Waals surface area (Å²) in [6, 6.07) is 6.05. The van der Waals surface area contributed by atoms with E-state index in [1.807, 2.05) is 35.1 Å². The first kappa shape index (κ1) is 8.64. The van der Waals surface area contributed by atoms with Crippen molar-refractivity contribution < 1.29 is 0 Å². The third-order valence-electron chi connectivity index (χ3n) is 3.04. The van der Waals surface area contributed by atoms with Gasteiger partial charge in [0.15, 0.2) is 0 Å². The summed E-state index contributed by atoms with van der Waals surface area (Å²) in [5.74, 6) is 0. The first-order valence-corrected chi connectivity index (χ1v) is 5.37. The smallest absolute Gasteiger partial charge is 0.0998 e. The van der Waals surface area contributed by atoms with Crippen LogP contribution in [0.15, 0.2) is 49.3 Å². The Morgan fingerprint density at radius 2 is 1.82 bits per heavy atom. The molecule has 80 valence electrons. The molecule has 0 radical (unpaired) electrons. The SMILES string of the molecule is c1cnc2c(c1)c1ccncc1n1cncc21. The lowest BCUT2D eigenvalue weighted by molar-refractivity contribution is 1.19. The van der Waals surface area contributed by atoms with Crippen molar-refractivity contribution in [2.45, 2.75) is 0 Å². The maximum Gasteiger partial charge on any atom is 0.0998 e. The van der Waals surface area contributed by atoms with Crippen molar-refractivity contribution >= 4 is 27.3 Å². The fourth-order valence-electron chi connectivity index (χ4n) is 2.29. The number of pyridine rings is 3. The Bertz CT molecular complexity index is 778. The molecule has 4 nitrogen and oxygen atoms in total. The molecule has 0 saturated heterocycles. The van der Waals surface area contributed by atoms with Crippen molar-refractivity contribution in [2.75, 3.05) is 0 Å². The summed E-state index contributed by atoms with van der Waals surface area (Å²) >= 11 is 0. The quantitative estimate of drug-likeness (QED) is 0.427.